The van der Waals surface area contributed by atoms with Gasteiger partial charge in [-0.2, -0.15) is 8.78 Å². The van der Waals surface area contributed by atoms with Gasteiger partial charge in [-0.3, -0.25) is 0 Å². The van der Waals surface area contributed by atoms with Gasteiger partial charge in [0, 0.05) is 0 Å². The second-order valence-corrected chi connectivity index (χ2v) is 5.96. The maximum Gasteiger partial charge on any atom is 0.324 e. The Morgan fingerprint density at radius 1 is 1.24 bits per heavy atom. The van der Waals surface area contributed by atoms with E-state index < -0.39 is 24.3 Å². The van der Waals surface area contributed by atoms with Crippen LogP contribution in [0.1, 0.15) is 18.1 Å². The SMILES string of the molecule is CC(Cl)c1nc2cc(Cl)c(Cl)cc2n1CC(F)(F)C(F)F. The van der Waals surface area contributed by atoms with Gasteiger partial charge in [-0.25, -0.2) is 13.8 Å². The molecule has 0 radical (unpaired) electrons. The fourth-order valence-corrected chi connectivity index (χ4v) is 2.37. The smallest absolute Gasteiger partial charge is 0.320 e. The highest BCUT2D eigenvalue weighted by Crippen LogP contribution is 2.34. The van der Waals surface area contributed by atoms with Gasteiger partial charge in [-0.05, 0) is 19.1 Å². The number of imidazole rings is 1. The van der Waals surface area contributed by atoms with Gasteiger partial charge >= 0.3 is 12.3 Å². The van der Waals surface area contributed by atoms with Gasteiger partial charge < -0.3 is 4.57 Å². The molecule has 0 aliphatic rings. The highest BCUT2D eigenvalue weighted by Gasteiger charge is 2.42. The van der Waals surface area contributed by atoms with Crippen LogP contribution >= 0.6 is 34.8 Å². The molecule has 0 aliphatic carbocycles. The minimum absolute atomic E-state index is 0.0466. The quantitative estimate of drug-likeness (QED) is 0.515. The summed E-state index contributed by atoms with van der Waals surface area (Å²) in [5.74, 6) is -4.16. The Bertz CT molecular complexity index is 670. The van der Waals surface area contributed by atoms with Gasteiger partial charge in [0.25, 0.3) is 0 Å². The molecule has 1 aromatic carbocycles. The number of halogens is 7. The molecule has 1 unspecified atom stereocenters. The van der Waals surface area contributed by atoms with Gasteiger partial charge in [0.15, 0.2) is 0 Å². The molecule has 1 aromatic heterocycles. The van der Waals surface area contributed by atoms with Crippen LogP contribution in [0, 0.1) is 0 Å². The zero-order chi connectivity index (χ0) is 15.9. The molecule has 0 saturated carbocycles. The predicted octanol–water partition coefficient (Wildman–Crippen LogP) is 5.54. The monoisotopic (exact) mass is 362 g/mol. The van der Waals surface area contributed by atoms with Crippen LogP contribution in [0.25, 0.3) is 11.0 Å². The summed E-state index contributed by atoms with van der Waals surface area (Å²) in [6.45, 7) is 0.258. The molecule has 21 heavy (non-hydrogen) atoms. The van der Waals surface area contributed by atoms with E-state index in [1.54, 1.807) is 0 Å². The highest BCUT2D eigenvalue weighted by atomic mass is 35.5. The van der Waals surface area contributed by atoms with Gasteiger partial charge in [0.2, 0.25) is 0 Å². The summed E-state index contributed by atoms with van der Waals surface area (Å²) in [5, 5.41) is -0.453. The molecular formula is C12H9Cl3F4N2. The number of fused-ring (bicyclic) bond motifs is 1. The average Bonchev–Trinajstić information content (AvgIpc) is 2.68. The topological polar surface area (TPSA) is 17.8 Å². The lowest BCUT2D eigenvalue weighted by molar-refractivity contribution is -0.137. The fraction of sp³-hybridized carbons (Fsp3) is 0.417. The first-order chi connectivity index (χ1) is 9.63. The summed E-state index contributed by atoms with van der Waals surface area (Å²) in [6, 6.07) is 2.68. The molecule has 0 bridgehead atoms. The Labute approximate surface area is 132 Å². The summed E-state index contributed by atoms with van der Waals surface area (Å²) in [4.78, 5) is 4.07. The molecule has 2 aromatic rings. The molecule has 9 heteroatoms. The number of nitrogens with zero attached hydrogens (tertiary/aromatic N) is 2. The van der Waals surface area contributed by atoms with Crippen LogP contribution in [0.15, 0.2) is 12.1 Å². The fourth-order valence-electron chi connectivity index (χ4n) is 1.89. The van der Waals surface area contributed by atoms with Crippen LogP contribution in [0.3, 0.4) is 0 Å². The molecule has 2 rings (SSSR count). The van der Waals surface area contributed by atoms with Gasteiger partial charge in [0.1, 0.15) is 5.82 Å². The molecule has 0 N–H and O–H groups in total. The predicted molar refractivity (Wildman–Crippen MR) is 75.0 cm³/mol. The average molecular weight is 364 g/mol. The summed E-state index contributed by atoms with van der Waals surface area (Å²) in [5.41, 5.74) is 0.434. The molecule has 1 atom stereocenters. The number of aromatic nitrogens is 2. The van der Waals surface area contributed by atoms with Gasteiger partial charge in [0.05, 0.1) is 33.0 Å². The zero-order valence-corrected chi connectivity index (χ0v) is 12.8. The van der Waals surface area contributed by atoms with E-state index in [-0.39, 0.29) is 26.9 Å². The minimum atomic E-state index is -4.21. The molecule has 0 saturated heterocycles. The number of alkyl halides is 5. The first-order valence-electron chi connectivity index (χ1n) is 5.78. The maximum atomic E-state index is 13.4. The van der Waals surface area contributed by atoms with Crippen LogP contribution in [0.4, 0.5) is 17.6 Å². The third-order valence-corrected chi connectivity index (χ3v) is 3.78. The van der Waals surface area contributed by atoms with Crippen LogP contribution in [-0.2, 0) is 6.54 Å². The van der Waals surface area contributed by atoms with E-state index in [9.17, 15) is 17.6 Å². The van der Waals surface area contributed by atoms with Gasteiger partial charge in [-0.1, -0.05) is 23.2 Å². The van der Waals surface area contributed by atoms with E-state index in [2.05, 4.69) is 4.98 Å². The van der Waals surface area contributed by atoms with Gasteiger partial charge in [-0.15, -0.1) is 11.6 Å². The number of hydrogen-bond acceptors (Lipinski definition) is 1. The van der Waals surface area contributed by atoms with Crippen LogP contribution in [0.5, 0.6) is 0 Å². The van der Waals surface area contributed by atoms with Crippen molar-refractivity contribution < 1.29 is 17.6 Å². The van der Waals surface area contributed by atoms with Crippen molar-refractivity contribution in [2.24, 2.45) is 0 Å². The standard InChI is InChI=1S/C12H9Cl3F4N2/c1-5(13)10-20-8-2-6(14)7(15)3-9(8)21(10)4-12(18,19)11(16)17/h2-3,5,11H,4H2,1H3. The van der Waals surface area contributed by atoms with Crippen LogP contribution in [-0.4, -0.2) is 21.9 Å². The first-order valence-corrected chi connectivity index (χ1v) is 6.98. The molecule has 116 valence electrons. The van der Waals surface area contributed by atoms with Crippen molar-refractivity contribution >= 4 is 45.8 Å². The molecule has 2 nitrogen and oxygen atoms in total. The number of hydrogen-bond donors (Lipinski definition) is 0. The van der Waals surface area contributed by atoms with Crippen molar-refractivity contribution in [1.82, 2.24) is 9.55 Å². The summed E-state index contributed by atoms with van der Waals surface area (Å²) in [7, 11) is 0. The molecule has 0 amide bonds. The summed E-state index contributed by atoms with van der Waals surface area (Å²) >= 11 is 17.6. The molecular weight excluding hydrogens is 354 g/mol. The second-order valence-electron chi connectivity index (χ2n) is 4.49. The third-order valence-electron chi connectivity index (χ3n) is 2.86. The Balaban J connectivity index is 2.64. The Morgan fingerprint density at radius 2 is 1.81 bits per heavy atom. The van der Waals surface area contributed by atoms with Crippen molar-refractivity contribution in [2.75, 3.05) is 0 Å². The maximum absolute atomic E-state index is 13.4. The molecule has 0 fully saturated rings. The van der Waals surface area contributed by atoms with E-state index in [1.165, 1.54) is 19.1 Å². The first kappa shape index (κ1) is 16.6. The lowest BCUT2D eigenvalue weighted by Gasteiger charge is -2.18. The zero-order valence-electron chi connectivity index (χ0n) is 10.6. The summed E-state index contributed by atoms with van der Waals surface area (Å²) < 4.78 is 52.5. The van der Waals surface area contributed by atoms with E-state index in [4.69, 9.17) is 34.8 Å². The van der Waals surface area contributed by atoms with Crippen molar-refractivity contribution in [3.63, 3.8) is 0 Å². The second kappa shape index (κ2) is 5.82. The van der Waals surface area contributed by atoms with Crippen molar-refractivity contribution in [1.29, 1.82) is 0 Å². The van der Waals surface area contributed by atoms with Crippen molar-refractivity contribution in [3.8, 4) is 0 Å². The lowest BCUT2D eigenvalue weighted by Crippen LogP contribution is -2.32. The van der Waals surface area contributed by atoms with Crippen LogP contribution in [0.2, 0.25) is 10.0 Å². The van der Waals surface area contributed by atoms with E-state index >= 15 is 0 Å². The largest absolute Gasteiger partial charge is 0.324 e. The van der Waals surface area contributed by atoms with Crippen molar-refractivity contribution in [3.05, 3.63) is 28.0 Å². The van der Waals surface area contributed by atoms with E-state index in [1.807, 2.05) is 0 Å². The van der Waals surface area contributed by atoms with E-state index in [0.29, 0.717) is 0 Å². The lowest BCUT2D eigenvalue weighted by atomic mass is 10.3. The Morgan fingerprint density at radius 3 is 2.33 bits per heavy atom. The van der Waals surface area contributed by atoms with Crippen molar-refractivity contribution in [2.45, 2.75) is 31.2 Å². The highest BCUT2D eigenvalue weighted by molar-refractivity contribution is 6.42. The number of benzene rings is 1. The normalized spacial score (nSPS) is 14.1. The molecule has 0 aliphatic heterocycles. The Kier molecular flexibility index (Phi) is 4.61. The molecule has 0 spiro atoms. The number of rotatable bonds is 4. The minimum Gasteiger partial charge on any atom is -0.320 e. The van der Waals surface area contributed by atoms with E-state index in [0.717, 1.165) is 4.57 Å². The Hall–Kier alpha value is -0.720. The summed E-state index contributed by atoms with van der Waals surface area (Å²) in [6.07, 6.45) is -3.80. The molecule has 1 heterocycles. The van der Waals surface area contributed by atoms with Crippen LogP contribution < -0.4 is 0 Å². The third kappa shape index (κ3) is 3.22.